The molecule has 26 heavy (non-hydrogen) atoms. The van der Waals surface area contributed by atoms with Gasteiger partial charge in [0, 0.05) is 23.2 Å². The number of amides is 1. The lowest BCUT2D eigenvalue weighted by molar-refractivity contribution is 0.0984. The second-order valence-electron chi connectivity index (χ2n) is 6.49. The van der Waals surface area contributed by atoms with Gasteiger partial charge in [0.2, 0.25) is 0 Å². The first-order valence-electron chi connectivity index (χ1n) is 8.72. The molecule has 4 rings (SSSR count). The Kier molecular flexibility index (Phi) is 4.71. The van der Waals surface area contributed by atoms with Crippen LogP contribution in [-0.2, 0) is 13.0 Å². The molecule has 0 saturated carbocycles. The fourth-order valence-electron chi connectivity index (χ4n) is 3.28. The Bertz CT molecular complexity index is 922. The van der Waals surface area contributed by atoms with Gasteiger partial charge in [0.25, 0.3) is 5.91 Å². The summed E-state index contributed by atoms with van der Waals surface area (Å²) in [6.07, 6.45) is 2.01. The Morgan fingerprint density at radius 3 is 3.04 bits per heavy atom. The van der Waals surface area contributed by atoms with E-state index in [1.165, 1.54) is 11.1 Å². The molecule has 1 aromatic heterocycles. The second-order valence-corrected chi connectivity index (χ2v) is 7.21. The van der Waals surface area contributed by atoms with Crippen LogP contribution in [0.3, 0.4) is 0 Å². The van der Waals surface area contributed by atoms with Crippen molar-refractivity contribution in [2.24, 2.45) is 0 Å². The minimum absolute atomic E-state index is 0.0221. The molecular formula is C21H20N2O2S. The van der Waals surface area contributed by atoms with Crippen LogP contribution in [-0.4, -0.2) is 17.4 Å². The summed E-state index contributed by atoms with van der Waals surface area (Å²) in [4.78, 5) is 19.2. The number of carbonyl (C=O) groups excluding carboxylic acids is 1. The van der Waals surface area contributed by atoms with Crippen molar-refractivity contribution in [3.05, 3.63) is 75.7 Å². The van der Waals surface area contributed by atoms with Gasteiger partial charge in [-0.05, 0) is 49.6 Å². The monoisotopic (exact) mass is 364 g/mol. The number of hydrogen-bond donors (Lipinski definition) is 0. The van der Waals surface area contributed by atoms with Gasteiger partial charge in [-0.1, -0.05) is 23.8 Å². The molecule has 0 radical (unpaired) electrons. The van der Waals surface area contributed by atoms with E-state index in [2.05, 4.69) is 30.1 Å². The zero-order valence-corrected chi connectivity index (χ0v) is 15.5. The Hall–Kier alpha value is -2.66. The Balaban J connectivity index is 1.54. The molecule has 1 amide bonds. The van der Waals surface area contributed by atoms with Crippen LogP contribution in [0.4, 0.5) is 5.69 Å². The van der Waals surface area contributed by atoms with Crippen molar-refractivity contribution < 1.29 is 9.53 Å². The van der Waals surface area contributed by atoms with Crippen LogP contribution in [0.5, 0.6) is 5.75 Å². The van der Waals surface area contributed by atoms with E-state index in [0.717, 1.165) is 30.8 Å². The van der Waals surface area contributed by atoms with E-state index in [4.69, 9.17) is 4.74 Å². The van der Waals surface area contributed by atoms with E-state index in [9.17, 15) is 4.79 Å². The minimum Gasteiger partial charge on any atom is -0.487 e. The lowest BCUT2D eigenvalue weighted by Crippen LogP contribution is -2.35. The molecule has 0 saturated heterocycles. The van der Waals surface area contributed by atoms with Gasteiger partial charge < -0.3 is 9.64 Å². The molecule has 0 bridgehead atoms. The third kappa shape index (κ3) is 3.48. The molecule has 0 N–H and O–H groups in total. The summed E-state index contributed by atoms with van der Waals surface area (Å²) in [6, 6.07) is 13.7. The zero-order valence-electron chi connectivity index (χ0n) is 14.6. The highest BCUT2D eigenvalue weighted by atomic mass is 32.1. The maximum absolute atomic E-state index is 13.1. The van der Waals surface area contributed by atoms with Crippen LogP contribution in [0.15, 0.2) is 53.4 Å². The van der Waals surface area contributed by atoms with Crippen LogP contribution in [0.1, 0.15) is 33.6 Å². The number of aryl methyl sites for hydroxylation is 2. The highest BCUT2D eigenvalue weighted by molar-refractivity contribution is 7.07. The van der Waals surface area contributed by atoms with Crippen molar-refractivity contribution in [3.8, 4) is 5.75 Å². The SMILES string of the molecule is Cc1ccc2c(c1)CCCN2C(=O)c1cccc(OCc2cscn2)c1. The standard InChI is InChI=1S/C21H20N2O2S/c1-15-7-8-20-16(10-15)5-3-9-23(20)21(24)17-4-2-6-19(11-17)25-12-18-13-26-14-22-18/h2,4,6-8,10-11,13-14H,3,5,9,12H2,1H3. The van der Waals surface area contributed by atoms with Crippen LogP contribution >= 0.6 is 11.3 Å². The molecule has 1 aliphatic heterocycles. The van der Waals surface area contributed by atoms with Gasteiger partial charge in [-0.15, -0.1) is 11.3 Å². The Labute approximate surface area is 157 Å². The lowest BCUT2D eigenvalue weighted by Gasteiger charge is -2.30. The third-order valence-electron chi connectivity index (χ3n) is 4.55. The van der Waals surface area contributed by atoms with Gasteiger partial charge >= 0.3 is 0 Å². The maximum Gasteiger partial charge on any atom is 0.258 e. The van der Waals surface area contributed by atoms with Crippen LogP contribution in [0.2, 0.25) is 0 Å². The number of hydrogen-bond acceptors (Lipinski definition) is 4. The first kappa shape index (κ1) is 16.8. The van der Waals surface area contributed by atoms with E-state index in [-0.39, 0.29) is 5.91 Å². The maximum atomic E-state index is 13.1. The number of benzene rings is 2. The van der Waals surface area contributed by atoms with Gasteiger partial charge in [-0.25, -0.2) is 4.98 Å². The molecule has 0 atom stereocenters. The average molecular weight is 364 g/mol. The smallest absolute Gasteiger partial charge is 0.258 e. The van der Waals surface area contributed by atoms with E-state index >= 15 is 0 Å². The first-order chi connectivity index (χ1) is 12.7. The molecule has 3 aromatic rings. The molecular weight excluding hydrogens is 344 g/mol. The van der Waals surface area contributed by atoms with Crippen molar-refractivity contribution in [1.29, 1.82) is 0 Å². The lowest BCUT2D eigenvalue weighted by atomic mass is 9.99. The highest BCUT2D eigenvalue weighted by Gasteiger charge is 2.23. The normalized spacial score (nSPS) is 13.3. The number of rotatable bonds is 4. The third-order valence-corrected chi connectivity index (χ3v) is 5.19. The Morgan fingerprint density at radius 2 is 2.19 bits per heavy atom. The van der Waals surface area contributed by atoms with Crippen molar-refractivity contribution in [2.45, 2.75) is 26.4 Å². The van der Waals surface area contributed by atoms with Crippen molar-refractivity contribution in [2.75, 3.05) is 11.4 Å². The van der Waals surface area contributed by atoms with Gasteiger partial charge in [0.05, 0.1) is 11.2 Å². The zero-order chi connectivity index (χ0) is 17.9. The number of anilines is 1. The van der Waals surface area contributed by atoms with Crippen molar-refractivity contribution in [1.82, 2.24) is 4.98 Å². The fraction of sp³-hybridized carbons (Fsp3) is 0.238. The fourth-order valence-corrected chi connectivity index (χ4v) is 3.82. The molecule has 5 heteroatoms. The highest BCUT2D eigenvalue weighted by Crippen LogP contribution is 2.29. The summed E-state index contributed by atoms with van der Waals surface area (Å²) in [5.74, 6) is 0.707. The van der Waals surface area contributed by atoms with E-state index < -0.39 is 0 Å². The molecule has 4 nitrogen and oxygen atoms in total. The number of ether oxygens (including phenoxy) is 1. The predicted octanol–water partition coefficient (Wildman–Crippen LogP) is 4.62. The number of carbonyl (C=O) groups is 1. The second kappa shape index (κ2) is 7.30. The van der Waals surface area contributed by atoms with E-state index in [0.29, 0.717) is 17.9 Å². The number of nitrogens with zero attached hydrogens (tertiary/aromatic N) is 2. The largest absolute Gasteiger partial charge is 0.487 e. The quantitative estimate of drug-likeness (QED) is 0.678. The van der Waals surface area contributed by atoms with E-state index in [1.54, 1.807) is 16.8 Å². The topological polar surface area (TPSA) is 42.4 Å². The minimum atomic E-state index is 0.0221. The van der Waals surface area contributed by atoms with Crippen LogP contribution < -0.4 is 9.64 Å². The first-order valence-corrected chi connectivity index (χ1v) is 9.66. The summed E-state index contributed by atoms with van der Waals surface area (Å²) in [6.45, 7) is 3.25. The van der Waals surface area contributed by atoms with Gasteiger partial charge in [0.15, 0.2) is 0 Å². The van der Waals surface area contributed by atoms with Crippen LogP contribution in [0, 0.1) is 6.92 Å². The number of aromatic nitrogens is 1. The van der Waals surface area contributed by atoms with Crippen LogP contribution in [0.25, 0.3) is 0 Å². The molecule has 1 aliphatic rings. The molecule has 2 aromatic carbocycles. The van der Waals surface area contributed by atoms with Gasteiger partial charge in [0.1, 0.15) is 12.4 Å². The molecule has 132 valence electrons. The Morgan fingerprint density at radius 1 is 1.27 bits per heavy atom. The predicted molar refractivity (Wildman–Crippen MR) is 104 cm³/mol. The average Bonchev–Trinajstić information content (AvgIpc) is 3.19. The number of fused-ring (bicyclic) bond motifs is 1. The van der Waals surface area contributed by atoms with Gasteiger partial charge in [-0.3, -0.25) is 4.79 Å². The molecule has 0 unspecified atom stereocenters. The van der Waals surface area contributed by atoms with Crippen molar-refractivity contribution >= 4 is 22.9 Å². The summed E-state index contributed by atoms with van der Waals surface area (Å²) in [5.41, 5.74) is 6.84. The summed E-state index contributed by atoms with van der Waals surface area (Å²) >= 11 is 1.54. The van der Waals surface area contributed by atoms with Gasteiger partial charge in [-0.2, -0.15) is 0 Å². The van der Waals surface area contributed by atoms with Crippen molar-refractivity contribution in [3.63, 3.8) is 0 Å². The molecule has 0 fully saturated rings. The number of thiazole rings is 1. The summed E-state index contributed by atoms with van der Waals surface area (Å²) < 4.78 is 5.79. The summed E-state index contributed by atoms with van der Waals surface area (Å²) in [5, 5.41) is 1.96. The molecule has 0 spiro atoms. The summed E-state index contributed by atoms with van der Waals surface area (Å²) in [7, 11) is 0. The molecule has 0 aliphatic carbocycles. The van der Waals surface area contributed by atoms with E-state index in [1.807, 2.05) is 34.5 Å². The molecule has 2 heterocycles.